The Labute approximate surface area is 47.2 Å². The predicted octanol–water partition coefficient (Wildman–Crippen LogP) is 0.375. The Bertz CT molecular complexity index is 185. The van der Waals surface area contributed by atoms with Gasteiger partial charge in [0, 0.05) is 6.20 Å². The molecule has 0 saturated heterocycles. The van der Waals surface area contributed by atoms with Gasteiger partial charge in [-0.05, 0) is 12.2 Å². The van der Waals surface area contributed by atoms with Crippen molar-refractivity contribution in [2.75, 3.05) is 0 Å². The van der Waals surface area contributed by atoms with Crippen LogP contribution in [0.4, 0.5) is 0 Å². The first-order valence-corrected chi connectivity index (χ1v) is 2.28. The minimum absolute atomic E-state index is 0.479. The van der Waals surface area contributed by atoms with Gasteiger partial charge in [0.2, 0.25) is 0 Å². The van der Waals surface area contributed by atoms with Gasteiger partial charge in [-0.25, -0.2) is 4.79 Å². The van der Waals surface area contributed by atoms with Gasteiger partial charge in [-0.15, -0.1) is 0 Å². The lowest BCUT2D eigenvalue weighted by atomic mass is 10.3. The van der Waals surface area contributed by atoms with Gasteiger partial charge in [-0.3, -0.25) is 0 Å². The first-order chi connectivity index (χ1) is 3.93. The molecular formula is C6H5NO. The van der Waals surface area contributed by atoms with E-state index in [1.807, 2.05) is 0 Å². The zero-order valence-corrected chi connectivity index (χ0v) is 4.22. The molecule has 40 valence electrons. The normalized spacial score (nSPS) is 15.2. The Hall–Kier alpha value is -1.27. The van der Waals surface area contributed by atoms with Crippen LogP contribution >= 0.6 is 0 Å². The van der Waals surface area contributed by atoms with Crippen LogP contribution in [0.2, 0.25) is 0 Å². The molecule has 2 nitrogen and oxygen atoms in total. The highest BCUT2D eigenvalue weighted by molar-refractivity contribution is 5.57. The van der Waals surface area contributed by atoms with E-state index in [4.69, 9.17) is 0 Å². The Kier molecular flexibility index (Phi) is 1.31. The number of nitrogens with one attached hydrogen (secondary N) is 1. The smallest absolute Gasteiger partial charge is 0.150 e. The number of rotatable bonds is 0. The van der Waals surface area contributed by atoms with Crippen LogP contribution < -0.4 is 5.32 Å². The highest BCUT2D eigenvalue weighted by Crippen LogP contribution is 1.91. The molecule has 1 aliphatic rings. The molecule has 1 rings (SSSR count). The average molecular weight is 107 g/mol. The summed E-state index contributed by atoms with van der Waals surface area (Å²) in [6.07, 6.45) is 6.92. The Balaban J connectivity index is 2.80. The van der Waals surface area contributed by atoms with Crippen LogP contribution in [0.15, 0.2) is 30.1 Å². The van der Waals surface area contributed by atoms with Crippen molar-refractivity contribution in [3.05, 3.63) is 30.1 Å². The third kappa shape index (κ3) is 0.863. The van der Waals surface area contributed by atoms with Crippen LogP contribution in [0.1, 0.15) is 0 Å². The zero-order chi connectivity index (χ0) is 5.82. The Morgan fingerprint density at radius 2 is 2.38 bits per heavy atom. The van der Waals surface area contributed by atoms with E-state index in [1.165, 1.54) is 0 Å². The predicted molar refractivity (Wildman–Crippen MR) is 30.6 cm³/mol. The highest BCUT2D eigenvalue weighted by atomic mass is 16.1. The standard InChI is InChI=1S/C6H5NO/c8-5-6-3-1-2-4-7-6/h1-4,7H. The van der Waals surface area contributed by atoms with Crippen molar-refractivity contribution < 1.29 is 4.79 Å². The fraction of sp³-hybridized carbons (Fsp3) is 0. The lowest BCUT2D eigenvalue weighted by molar-refractivity contribution is 0.566. The van der Waals surface area contributed by atoms with Gasteiger partial charge in [0.15, 0.2) is 5.94 Å². The maximum Gasteiger partial charge on any atom is 0.150 e. The molecule has 0 saturated carbocycles. The molecule has 2 heteroatoms. The molecule has 1 aliphatic heterocycles. The summed E-state index contributed by atoms with van der Waals surface area (Å²) in [5, 5.41) is 2.69. The number of hydrogen-bond acceptors (Lipinski definition) is 2. The van der Waals surface area contributed by atoms with Gasteiger partial charge >= 0.3 is 0 Å². The summed E-state index contributed by atoms with van der Waals surface area (Å²) < 4.78 is 0. The van der Waals surface area contributed by atoms with Crippen molar-refractivity contribution in [3.63, 3.8) is 0 Å². The van der Waals surface area contributed by atoms with Crippen molar-refractivity contribution >= 4 is 5.94 Å². The third-order valence-corrected chi connectivity index (χ3v) is 0.819. The fourth-order valence-electron chi connectivity index (χ4n) is 0.457. The molecule has 0 amide bonds. The van der Waals surface area contributed by atoms with Crippen LogP contribution in [-0.2, 0) is 4.79 Å². The van der Waals surface area contributed by atoms with E-state index in [0.717, 1.165) is 0 Å². The molecule has 8 heavy (non-hydrogen) atoms. The van der Waals surface area contributed by atoms with Gasteiger partial charge in [0.05, 0.1) is 0 Å². The van der Waals surface area contributed by atoms with Crippen molar-refractivity contribution in [2.24, 2.45) is 0 Å². The molecule has 0 spiro atoms. The summed E-state index contributed by atoms with van der Waals surface area (Å²) >= 11 is 0. The summed E-state index contributed by atoms with van der Waals surface area (Å²) in [4.78, 5) is 9.85. The maximum absolute atomic E-state index is 9.85. The Morgan fingerprint density at radius 3 is 2.75 bits per heavy atom. The number of dihydropyridines is 1. The Morgan fingerprint density at radius 1 is 1.50 bits per heavy atom. The first-order valence-electron chi connectivity index (χ1n) is 2.28. The van der Waals surface area contributed by atoms with E-state index in [2.05, 4.69) is 5.32 Å². The fourth-order valence-corrected chi connectivity index (χ4v) is 0.457. The summed E-state index contributed by atoms with van der Waals surface area (Å²) in [7, 11) is 0. The molecule has 0 aromatic heterocycles. The number of allylic oxidation sites excluding steroid dienone is 3. The molecule has 0 atom stereocenters. The molecule has 0 aromatic carbocycles. The summed E-state index contributed by atoms with van der Waals surface area (Å²) in [5.41, 5.74) is 0.479. The van der Waals surface area contributed by atoms with Gasteiger partial charge in [-0.2, -0.15) is 0 Å². The summed E-state index contributed by atoms with van der Waals surface area (Å²) in [6.45, 7) is 0. The summed E-state index contributed by atoms with van der Waals surface area (Å²) in [5.74, 6) is 1.72. The SMILES string of the molecule is O=C=C1C=CC=CN1. The largest absolute Gasteiger partial charge is 0.353 e. The van der Waals surface area contributed by atoms with Crippen molar-refractivity contribution in [3.8, 4) is 0 Å². The molecular weight excluding hydrogens is 102 g/mol. The van der Waals surface area contributed by atoms with Crippen LogP contribution in [0.3, 0.4) is 0 Å². The molecule has 1 heterocycles. The first kappa shape index (κ1) is 4.88. The zero-order valence-electron chi connectivity index (χ0n) is 4.22. The van der Waals surface area contributed by atoms with Crippen LogP contribution in [0.25, 0.3) is 0 Å². The second kappa shape index (κ2) is 2.15. The van der Waals surface area contributed by atoms with Gasteiger partial charge in [0.1, 0.15) is 5.70 Å². The van der Waals surface area contributed by atoms with E-state index in [1.54, 1.807) is 30.4 Å². The van der Waals surface area contributed by atoms with E-state index >= 15 is 0 Å². The lowest BCUT2D eigenvalue weighted by Crippen LogP contribution is -2.04. The van der Waals surface area contributed by atoms with E-state index in [9.17, 15) is 4.79 Å². The topological polar surface area (TPSA) is 29.1 Å². The highest BCUT2D eigenvalue weighted by Gasteiger charge is 1.87. The van der Waals surface area contributed by atoms with Crippen LogP contribution in [0.5, 0.6) is 0 Å². The molecule has 0 aliphatic carbocycles. The van der Waals surface area contributed by atoms with Crippen molar-refractivity contribution in [1.82, 2.24) is 5.32 Å². The minimum Gasteiger partial charge on any atom is -0.353 e. The van der Waals surface area contributed by atoms with Crippen LogP contribution in [-0.4, -0.2) is 5.94 Å². The van der Waals surface area contributed by atoms with Crippen molar-refractivity contribution in [1.29, 1.82) is 0 Å². The number of hydrogen-bond donors (Lipinski definition) is 1. The van der Waals surface area contributed by atoms with E-state index in [0.29, 0.717) is 5.70 Å². The lowest BCUT2D eigenvalue weighted by Gasteiger charge is -1.97. The molecule has 1 N–H and O–H groups in total. The second-order valence-corrected chi connectivity index (χ2v) is 1.38. The average Bonchev–Trinajstić information content (AvgIpc) is 1.90. The van der Waals surface area contributed by atoms with Gasteiger partial charge in [0.25, 0.3) is 0 Å². The number of carbonyl (C=O) groups excluding carboxylic acids is 1. The molecule has 0 fully saturated rings. The molecule has 0 bridgehead atoms. The van der Waals surface area contributed by atoms with Crippen LogP contribution in [0, 0.1) is 0 Å². The van der Waals surface area contributed by atoms with Crippen molar-refractivity contribution in [2.45, 2.75) is 0 Å². The minimum atomic E-state index is 0.479. The maximum atomic E-state index is 9.85. The monoisotopic (exact) mass is 107 g/mol. The third-order valence-electron chi connectivity index (χ3n) is 0.819. The van der Waals surface area contributed by atoms with Gasteiger partial charge < -0.3 is 5.32 Å². The van der Waals surface area contributed by atoms with Gasteiger partial charge in [-0.1, -0.05) is 6.08 Å². The van der Waals surface area contributed by atoms with E-state index < -0.39 is 0 Å². The summed E-state index contributed by atoms with van der Waals surface area (Å²) in [6, 6.07) is 0. The molecule has 0 aromatic rings. The molecule has 0 radical (unpaired) electrons. The van der Waals surface area contributed by atoms with E-state index in [-0.39, 0.29) is 0 Å². The second-order valence-electron chi connectivity index (χ2n) is 1.38. The quantitative estimate of drug-likeness (QED) is 0.453. The molecule has 0 unspecified atom stereocenters.